The molecule has 0 radical (unpaired) electrons. The van der Waals surface area contributed by atoms with Crippen LogP contribution < -0.4 is 10.2 Å². The monoisotopic (exact) mass is 475 g/mol. The van der Waals surface area contributed by atoms with E-state index in [-0.39, 0.29) is 11.7 Å². The minimum atomic E-state index is -1.43. The predicted molar refractivity (Wildman–Crippen MR) is 134 cm³/mol. The SMILES string of the molecule is CC(C(=O)NCc1ccc(-c2ccccc2)cc1)C(O)C(=O)N1CCN(c2ccccc2F)CC1. The van der Waals surface area contributed by atoms with Crippen LogP contribution in [0, 0.1) is 11.7 Å². The van der Waals surface area contributed by atoms with Crippen LogP contribution in [0.4, 0.5) is 10.1 Å². The molecule has 7 heteroatoms. The molecule has 0 aliphatic carbocycles. The Morgan fingerprint density at radius 1 is 0.886 bits per heavy atom. The molecule has 0 saturated carbocycles. The molecule has 1 aliphatic rings. The van der Waals surface area contributed by atoms with Crippen molar-refractivity contribution in [2.24, 2.45) is 5.92 Å². The zero-order chi connectivity index (χ0) is 24.8. The molecule has 2 N–H and O–H groups in total. The van der Waals surface area contributed by atoms with Gasteiger partial charge in [0.25, 0.3) is 5.91 Å². The highest BCUT2D eigenvalue weighted by Crippen LogP contribution is 2.21. The molecule has 1 fully saturated rings. The molecule has 35 heavy (non-hydrogen) atoms. The molecule has 3 aromatic carbocycles. The summed E-state index contributed by atoms with van der Waals surface area (Å²) in [5, 5.41) is 13.4. The smallest absolute Gasteiger partial charge is 0.252 e. The first-order chi connectivity index (χ1) is 16.9. The number of hydrogen-bond donors (Lipinski definition) is 2. The number of nitrogens with zero attached hydrogens (tertiary/aromatic N) is 2. The van der Waals surface area contributed by atoms with Crippen LogP contribution in [0.3, 0.4) is 0 Å². The van der Waals surface area contributed by atoms with E-state index in [4.69, 9.17) is 0 Å². The van der Waals surface area contributed by atoms with E-state index in [9.17, 15) is 19.1 Å². The molecular weight excluding hydrogens is 445 g/mol. The number of piperazine rings is 1. The molecule has 0 bridgehead atoms. The molecule has 182 valence electrons. The Labute approximate surface area is 205 Å². The van der Waals surface area contributed by atoms with Gasteiger partial charge >= 0.3 is 0 Å². The summed E-state index contributed by atoms with van der Waals surface area (Å²) < 4.78 is 14.0. The number of para-hydroxylation sites is 1. The van der Waals surface area contributed by atoms with E-state index < -0.39 is 17.9 Å². The lowest BCUT2D eigenvalue weighted by Crippen LogP contribution is -2.53. The van der Waals surface area contributed by atoms with Crippen LogP contribution in [0.25, 0.3) is 11.1 Å². The van der Waals surface area contributed by atoms with Gasteiger partial charge in [0.1, 0.15) is 11.9 Å². The van der Waals surface area contributed by atoms with Gasteiger partial charge in [-0.2, -0.15) is 0 Å². The summed E-state index contributed by atoms with van der Waals surface area (Å²) in [5.74, 6) is -2.06. The van der Waals surface area contributed by atoms with Crippen molar-refractivity contribution in [3.63, 3.8) is 0 Å². The average Bonchev–Trinajstić information content (AvgIpc) is 2.91. The van der Waals surface area contributed by atoms with Gasteiger partial charge in [0, 0.05) is 32.7 Å². The summed E-state index contributed by atoms with van der Waals surface area (Å²) in [4.78, 5) is 28.8. The first-order valence-electron chi connectivity index (χ1n) is 11.8. The topological polar surface area (TPSA) is 72.9 Å². The van der Waals surface area contributed by atoms with Crippen molar-refractivity contribution in [1.82, 2.24) is 10.2 Å². The molecule has 2 unspecified atom stereocenters. The van der Waals surface area contributed by atoms with Crippen molar-refractivity contribution in [3.05, 3.63) is 90.2 Å². The van der Waals surface area contributed by atoms with Crippen LogP contribution in [0.1, 0.15) is 12.5 Å². The number of benzene rings is 3. The Morgan fingerprint density at radius 2 is 1.49 bits per heavy atom. The fraction of sp³-hybridized carbons (Fsp3) is 0.286. The molecule has 1 aliphatic heterocycles. The highest BCUT2D eigenvalue weighted by Gasteiger charge is 2.33. The van der Waals surface area contributed by atoms with Gasteiger partial charge in [-0.3, -0.25) is 9.59 Å². The second kappa shape index (κ2) is 11.1. The highest BCUT2D eigenvalue weighted by atomic mass is 19.1. The molecule has 4 rings (SSSR count). The van der Waals surface area contributed by atoms with Crippen molar-refractivity contribution >= 4 is 17.5 Å². The van der Waals surface area contributed by atoms with E-state index >= 15 is 0 Å². The number of halogens is 1. The third kappa shape index (κ3) is 5.87. The summed E-state index contributed by atoms with van der Waals surface area (Å²) in [7, 11) is 0. The highest BCUT2D eigenvalue weighted by molar-refractivity contribution is 5.89. The van der Waals surface area contributed by atoms with Crippen molar-refractivity contribution in [2.75, 3.05) is 31.1 Å². The maximum absolute atomic E-state index is 14.0. The number of anilines is 1. The van der Waals surface area contributed by atoms with E-state index in [1.165, 1.54) is 11.0 Å². The summed E-state index contributed by atoms with van der Waals surface area (Å²) in [5.41, 5.74) is 3.64. The summed E-state index contributed by atoms with van der Waals surface area (Å²) in [6.45, 7) is 3.48. The lowest BCUT2D eigenvalue weighted by Gasteiger charge is -2.37. The number of aliphatic hydroxyl groups is 1. The lowest BCUT2D eigenvalue weighted by molar-refractivity contribution is -0.147. The fourth-order valence-corrected chi connectivity index (χ4v) is 4.22. The third-order valence-corrected chi connectivity index (χ3v) is 6.45. The van der Waals surface area contributed by atoms with Gasteiger partial charge < -0.3 is 20.2 Å². The fourth-order valence-electron chi connectivity index (χ4n) is 4.22. The first kappa shape index (κ1) is 24.4. The zero-order valence-electron chi connectivity index (χ0n) is 19.7. The normalized spacial score (nSPS) is 15.4. The maximum atomic E-state index is 14.0. The summed E-state index contributed by atoms with van der Waals surface area (Å²) in [6, 6.07) is 24.5. The van der Waals surface area contributed by atoms with Crippen molar-refractivity contribution in [3.8, 4) is 11.1 Å². The number of carbonyl (C=O) groups excluding carboxylic acids is 2. The first-order valence-corrected chi connectivity index (χ1v) is 11.8. The Balaban J connectivity index is 1.26. The van der Waals surface area contributed by atoms with Gasteiger partial charge in [0.05, 0.1) is 11.6 Å². The van der Waals surface area contributed by atoms with Crippen LogP contribution in [0.5, 0.6) is 0 Å². The minimum absolute atomic E-state index is 0.299. The molecule has 2 atom stereocenters. The second-order valence-electron chi connectivity index (χ2n) is 8.78. The van der Waals surface area contributed by atoms with Gasteiger partial charge in [0.15, 0.2) is 0 Å². The molecule has 1 heterocycles. The van der Waals surface area contributed by atoms with Crippen molar-refractivity contribution in [2.45, 2.75) is 19.6 Å². The zero-order valence-corrected chi connectivity index (χ0v) is 19.7. The van der Waals surface area contributed by atoms with E-state index in [0.29, 0.717) is 38.4 Å². The largest absolute Gasteiger partial charge is 0.382 e. The second-order valence-corrected chi connectivity index (χ2v) is 8.78. The number of amides is 2. The van der Waals surface area contributed by atoms with E-state index in [0.717, 1.165) is 16.7 Å². The van der Waals surface area contributed by atoms with Gasteiger partial charge in [-0.05, 0) is 28.8 Å². The molecule has 3 aromatic rings. The van der Waals surface area contributed by atoms with E-state index in [1.807, 2.05) is 59.5 Å². The molecule has 1 saturated heterocycles. The lowest BCUT2D eigenvalue weighted by atomic mass is 10.0. The van der Waals surface area contributed by atoms with Crippen LogP contribution in [0.2, 0.25) is 0 Å². The Bertz CT molecular complexity index is 1150. The quantitative estimate of drug-likeness (QED) is 0.549. The number of rotatable bonds is 7. The van der Waals surface area contributed by atoms with Crippen molar-refractivity contribution in [1.29, 1.82) is 0 Å². The van der Waals surface area contributed by atoms with Crippen LogP contribution in [0.15, 0.2) is 78.9 Å². The minimum Gasteiger partial charge on any atom is -0.382 e. The van der Waals surface area contributed by atoms with Crippen LogP contribution >= 0.6 is 0 Å². The molecule has 0 aromatic heterocycles. The Morgan fingerprint density at radius 3 is 2.14 bits per heavy atom. The molecule has 6 nitrogen and oxygen atoms in total. The van der Waals surface area contributed by atoms with Gasteiger partial charge in [-0.15, -0.1) is 0 Å². The van der Waals surface area contributed by atoms with E-state index in [1.54, 1.807) is 25.1 Å². The molecule has 0 spiro atoms. The standard InChI is InChI=1S/C28H30FN3O3/c1-20(27(34)30-19-21-11-13-23(14-12-21)22-7-3-2-4-8-22)26(33)28(35)32-17-15-31(16-18-32)25-10-6-5-9-24(25)29/h2-14,20,26,33H,15-19H2,1H3,(H,30,34). The van der Waals surface area contributed by atoms with Gasteiger partial charge in [-0.1, -0.05) is 73.7 Å². The maximum Gasteiger partial charge on any atom is 0.252 e. The van der Waals surface area contributed by atoms with Gasteiger partial charge in [-0.25, -0.2) is 4.39 Å². The summed E-state index contributed by atoms with van der Waals surface area (Å²) >= 11 is 0. The van der Waals surface area contributed by atoms with Crippen molar-refractivity contribution < 1.29 is 19.1 Å². The number of aliphatic hydroxyl groups excluding tert-OH is 1. The number of nitrogens with one attached hydrogen (secondary N) is 1. The molecule has 2 amide bonds. The van der Waals surface area contributed by atoms with Gasteiger partial charge in [0.2, 0.25) is 5.91 Å². The predicted octanol–water partition coefficient (Wildman–Crippen LogP) is 3.45. The Hall–Kier alpha value is -3.71. The molecular formula is C28H30FN3O3. The van der Waals surface area contributed by atoms with E-state index in [2.05, 4.69) is 5.32 Å². The number of carbonyl (C=O) groups is 2. The number of hydrogen-bond acceptors (Lipinski definition) is 4. The Kier molecular flexibility index (Phi) is 7.77. The third-order valence-electron chi connectivity index (χ3n) is 6.45. The van der Waals surface area contributed by atoms with Crippen LogP contribution in [-0.4, -0.2) is 54.1 Å². The summed E-state index contributed by atoms with van der Waals surface area (Å²) in [6.07, 6.45) is -1.43. The van der Waals surface area contributed by atoms with Crippen LogP contribution in [-0.2, 0) is 16.1 Å². The average molecular weight is 476 g/mol.